The van der Waals surface area contributed by atoms with Gasteiger partial charge in [-0.2, -0.15) is 0 Å². The number of nitrogens with one attached hydrogen (secondary N) is 1. The van der Waals surface area contributed by atoms with Gasteiger partial charge < -0.3 is 15.4 Å². The molecule has 0 saturated heterocycles. The summed E-state index contributed by atoms with van der Waals surface area (Å²) in [6, 6.07) is 0. The Kier molecular flexibility index (Phi) is 1.21. The molecule has 2 rings (SSSR count). The largest absolute Gasteiger partial charge is 0.422 e. The van der Waals surface area contributed by atoms with E-state index in [-0.39, 0.29) is 20.6 Å². The first-order chi connectivity index (χ1) is 6.13. The molecule has 0 atom stereocenters. The molecule has 0 bridgehead atoms. The molecule has 0 aliphatic heterocycles. The number of hydrogen-bond donors (Lipinski definition) is 3. The molecule has 8 nitrogen and oxygen atoms in total. The van der Waals surface area contributed by atoms with E-state index in [9.17, 15) is 9.59 Å². The number of aromatic amines is 1. The second kappa shape index (κ2) is 2.12. The maximum Gasteiger partial charge on any atom is 0.399 e. The Hall–Kier alpha value is -2.25. The fourth-order valence-electron chi connectivity index (χ4n) is 0.978. The molecule has 2 heterocycles. The van der Waals surface area contributed by atoms with E-state index in [1.54, 1.807) is 0 Å². The summed E-state index contributed by atoms with van der Waals surface area (Å²) in [5.74, 6) is 0. The molecular weight excluding hydrogens is 180 g/mol. The highest BCUT2D eigenvalue weighted by Gasteiger charge is 2.12. The zero-order valence-corrected chi connectivity index (χ0v) is 6.13. The van der Waals surface area contributed by atoms with Crippen molar-refractivity contribution >= 4 is 11.2 Å². The van der Waals surface area contributed by atoms with Gasteiger partial charge in [0.05, 0.1) is 6.33 Å². The van der Waals surface area contributed by atoms with Gasteiger partial charge in [-0.1, -0.05) is 4.73 Å². The van der Waals surface area contributed by atoms with Crippen molar-refractivity contribution in [3.8, 4) is 0 Å². The van der Waals surface area contributed by atoms with Gasteiger partial charge in [0.1, 0.15) is 0 Å². The third-order valence-electron chi connectivity index (χ3n) is 1.59. The van der Waals surface area contributed by atoms with Crippen LogP contribution < -0.4 is 11.2 Å². The van der Waals surface area contributed by atoms with Crippen molar-refractivity contribution in [3.05, 3.63) is 27.2 Å². The molecule has 8 heteroatoms. The average Bonchev–Trinajstić information content (AvgIpc) is 2.59. The van der Waals surface area contributed by atoms with Crippen molar-refractivity contribution in [1.29, 1.82) is 0 Å². The first-order valence-corrected chi connectivity index (χ1v) is 3.22. The molecule has 2 aromatic rings. The van der Waals surface area contributed by atoms with Crippen LogP contribution in [-0.2, 0) is 0 Å². The monoisotopic (exact) mass is 184 g/mol. The number of aromatic nitrogens is 4. The van der Waals surface area contributed by atoms with Crippen LogP contribution in [0.3, 0.4) is 0 Å². The molecule has 0 radical (unpaired) electrons. The molecule has 13 heavy (non-hydrogen) atoms. The van der Waals surface area contributed by atoms with Crippen LogP contribution in [0.2, 0.25) is 0 Å². The summed E-state index contributed by atoms with van der Waals surface area (Å²) in [4.78, 5) is 27.8. The van der Waals surface area contributed by atoms with E-state index in [2.05, 4.69) is 9.97 Å². The summed E-state index contributed by atoms with van der Waals surface area (Å²) >= 11 is 0. The smallest absolute Gasteiger partial charge is 0.399 e. The minimum atomic E-state index is -1.26. The van der Waals surface area contributed by atoms with Gasteiger partial charge in [-0.15, -0.1) is 4.73 Å². The Morgan fingerprint density at radius 3 is 2.69 bits per heavy atom. The summed E-state index contributed by atoms with van der Waals surface area (Å²) in [6.45, 7) is 0. The SMILES string of the molecule is O=c1c2[nH]cnc2n(O)c(=O)n1O. The Labute approximate surface area is 69.2 Å². The van der Waals surface area contributed by atoms with E-state index in [4.69, 9.17) is 10.4 Å². The van der Waals surface area contributed by atoms with E-state index in [1.165, 1.54) is 0 Å². The van der Waals surface area contributed by atoms with Gasteiger partial charge in [-0.05, 0) is 0 Å². The van der Waals surface area contributed by atoms with Crippen molar-refractivity contribution < 1.29 is 10.4 Å². The highest BCUT2D eigenvalue weighted by atomic mass is 16.5. The number of nitrogens with zero attached hydrogens (tertiary/aromatic N) is 3. The minimum absolute atomic E-state index is 0.0766. The van der Waals surface area contributed by atoms with Crippen LogP contribution in [0.1, 0.15) is 0 Å². The predicted molar refractivity (Wildman–Crippen MR) is 39.0 cm³/mol. The summed E-state index contributed by atoms with van der Waals surface area (Å²) < 4.78 is -0.131. The third kappa shape index (κ3) is 0.760. The van der Waals surface area contributed by atoms with Crippen LogP contribution in [0.25, 0.3) is 11.2 Å². The number of H-pyrrole nitrogens is 1. The topological polar surface area (TPSA) is 113 Å². The molecule has 3 N–H and O–H groups in total. The summed E-state index contributed by atoms with van der Waals surface area (Å²) in [5, 5.41) is 17.9. The van der Waals surface area contributed by atoms with Crippen molar-refractivity contribution in [2.24, 2.45) is 0 Å². The summed E-state index contributed by atoms with van der Waals surface area (Å²) in [7, 11) is 0. The van der Waals surface area contributed by atoms with E-state index < -0.39 is 11.2 Å². The lowest BCUT2D eigenvalue weighted by Gasteiger charge is -1.97. The standard InChI is InChI=1S/C5H4N4O4/c10-4-2-3(7-1-6-2)8(12)5(11)9(4)13/h1,12-13H,(H,6,7). The highest BCUT2D eigenvalue weighted by molar-refractivity contribution is 5.68. The molecular formula is C5H4N4O4. The van der Waals surface area contributed by atoms with Crippen LogP contribution >= 0.6 is 0 Å². The fourth-order valence-corrected chi connectivity index (χ4v) is 0.978. The molecule has 0 fully saturated rings. The quantitative estimate of drug-likeness (QED) is 0.425. The first-order valence-electron chi connectivity index (χ1n) is 3.22. The van der Waals surface area contributed by atoms with E-state index in [1.807, 2.05) is 0 Å². The third-order valence-corrected chi connectivity index (χ3v) is 1.59. The van der Waals surface area contributed by atoms with Crippen LogP contribution in [0.5, 0.6) is 0 Å². The van der Waals surface area contributed by atoms with E-state index in [0.29, 0.717) is 0 Å². The lowest BCUT2D eigenvalue weighted by Crippen LogP contribution is -2.38. The van der Waals surface area contributed by atoms with Gasteiger partial charge in [0.2, 0.25) is 5.65 Å². The minimum Gasteiger partial charge on any atom is -0.422 e. The molecule has 0 unspecified atom stereocenters. The molecule has 68 valence electrons. The van der Waals surface area contributed by atoms with E-state index in [0.717, 1.165) is 6.33 Å². The maximum atomic E-state index is 11.1. The molecule has 0 aliphatic carbocycles. The Morgan fingerprint density at radius 1 is 1.31 bits per heavy atom. The zero-order chi connectivity index (χ0) is 9.59. The van der Waals surface area contributed by atoms with Crippen LogP contribution in [0, 0.1) is 0 Å². The number of fused-ring (bicyclic) bond motifs is 1. The van der Waals surface area contributed by atoms with Crippen molar-refractivity contribution in [2.75, 3.05) is 0 Å². The van der Waals surface area contributed by atoms with Gasteiger partial charge in [-0.3, -0.25) is 4.79 Å². The fraction of sp³-hybridized carbons (Fsp3) is 0. The Morgan fingerprint density at radius 2 is 2.00 bits per heavy atom. The number of imidazole rings is 1. The van der Waals surface area contributed by atoms with Gasteiger partial charge >= 0.3 is 11.2 Å². The summed E-state index contributed by atoms with van der Waals surface area (Å²) in [6.07, 6.45) is 1.12. The zero-order valence-electron chi connectivity index (χ0n) is 6.13. The van der Waals surface area contributed by atoms with Gasteiger partial charge in [0.25, 0.3) is 0 Å². The molecule has 0 amide bonds. The van der Waals surface area contributed by atoms with Crippen molar-refractivity contribution in [3.63, 3.8) is 0 Å². The average molecular weight is 184 g/mol. The van der Waals surface area contributed by atoms with Crippen LogP contribution in [0.15, 0.2) is 15.9 Å². The first kappa shape index (κ1) is 7.40. The molecule has 0 aromatic carbocycles. The molecule has 0 aliphatic rings. The van der Waals surface area contributed by atoms with Gasteiger partial charge in [0.15, 0.2) is 5.52 Å². The molecule has 2 aromatic heterocycles. The lowest BCUT2D eigenvalue weighted by molar-refractivity contribution is 0.110. The van der Waals surface area contributed by atoms with Crippen molar-refractivity contribution in [2.45, 2.75) is 0 Å². The lowest BCUT2D eigenvalue weighted by atomic mass is 10.5. The molecule has 0 saturated carbocycles. The number of rotatable bonds is 0. The second-order valence-electron chi connectivity index (χ2n) is 2.31. The predicted octanol–water partition coefficient (Wildman–Crippen LogP) is -1.64. The number of hydrogen-bond acceptors (Lipinski definition) is 5. The summed E-state index contributed by atoms with van der Waals surface area (Å²) in [5.41, 5.74) is -2.59. The van der Waals surface area contributed by atoms with Crippen LogP contribution in [-0.4, -0.2) is 29.8 Å². The van der Waals surface area contributed by atoms with Gasteiger partial charge in [-0.25, -0.2) is 9.78 Å². The maximum absolute atomic E-state index is 11.1. The van der Waals surface area contributed by atoms with Crippen molar-refractivity contribution in [1.82, 2.24) is 19.4 Å². The second-order valence-corrected chi connectivity index (χ2v) is 2.31. The Balaban J connectivity index is 3.21. The highest BCUT2D eigenvalue weighted by Crippen LogP contribution is 1.96. The van der Waals surface area contributed by atoms with E-state index >= 15 is 0 Å². The normalized spacial score (nSPS) is 10.8. The Bertz CT molecular complexity index is 576. The molecule has 0 spiro atoms. The van der Waals surface area contributed by atoms with Gasteiger partial charge in [0, 0.05) is 0 Å². The van der Waals surface area contributed by atoms with Crippen LogP contribution in [0.4, 0.5) is 0 Å².